The second-order valence-electron chi connectivity index (χ2n) is 4.86. The van der Waals surface area contributed by atoms with Crippen molar-refractivity contribution >= 4 is 33.9 Å². The Morgan fingerprint density at radius 1 is 1.12 bits per heavy atom. The van der Waals surface area contributed by atoms with Gasteiger partial charge in [0.25, 0.3) is 0 Å². The van der Waals surface area contributed by atoms with E-state index in [2.05, 4.69) is 15.9 Å². The van der Waals surface area contributed by atoms with Crippen LogP contribution in [0.4, 0.5) is 0 Å². The van der Waals surface area contributed by atoms with Gasteiger partial charge in [-0.05, 0) is 55.0 Å². The average Bonchev–Trinajstić information content (AvgIpc) is 2.61. The highest BCUT2D eigenvalue weighted by atomic mass is 79.9. The average molecular weight is 400 g/mol. The third kappa shape index (κ3) is 5.30. The molecule has 0 aliphatic heterocycles. The smallest absolute Gasteiger partial charge is 0.348 e. The van der Waals surface area contributed by atoms with E-state index >= 15 is 0 Å². The summed E-state index contributed by atoms with van der Waals surface area (Å²) in [4.78, 5) is 23.6. The van der Waals surface area contributed by atoms with E-state index in [0.29, 0.717) is 16.9 Å². The van der Waals surface area contributed by atoms with Crippen molar-refractivity contribution in [2.24, 2.45) is 0 Å². The first-order valence-electron chi connectivity index (χ1n) is 7.40. The van der Waals surface area contributed by atoms with Gasteiger partial charge >= 0.3 is 11.9 Å². The quantitative estimate of drug-likeness (QED) is 0.326. The van der Waals surface area contributed by atoms with Gasteiger partial charge in [-0.1, -0.05) is 28.1 Å². The second-order valence-corrected chi connectivity index (χ2v) is 5.77. The van der Waals surface area contributed by atoms with Crippen LogP contribution < -0.4 is 4.74 Å². The van der Waals surface area contributed by atoms with Crippen molar-refractivity contribution < 1.29 is 19.1 Å². The van der Waals surface area contributed by atoms with Gasteiger partial charge in [-0.15, -0.1) is 0 Å². The Labute approximate surface area is 153 Å². The van der Waals surface area contributed by atoms with E-state index in [1.165, 1.54) is 6.08 Å². The van der Waals surface area contributed by atoms with Gasteiger partial charge in [-0.3, -0.25) is 0 Å². The van der Waals surface area contributed by atoms with Crippen molar-refractivity contribution in [1.82, 2.24) is 0 Å². The fourth-order valence-electron chi connectivity index (χ4n) is 1.90. The van der Waals surface area contributed by atoms with Gasteiger partial charge in [0, 0.05) is 4.47 Å². The molecule has 0 heterocycles. The first-order chi connectivity index (χ1) is 12.0. The largest absolute Gasteiger partial charge is 0.462 e. The lowest BCUT2D eigenvalue weighted by atomic mass is 10.1. The molecule has 25 heavy (non-hydrogen) atoms. The Balaban J connectivity index is 2.09. The molecule has 0 aliphatic rings. The minimum Gasteiger partial charge on any atom is -0.462 e. The number of hydrogen-bond acceptors (Lipinski definition) is 5. The molecule has 0 fully saturated rings. The van der Waals surface area contributed by atoms with Crippen molar-refractivity contribution in [3.63, 3.8) is 0 Å². The van der Waals surface area contributed by atoms with E-state index in [9.17, 15) is 9.59 Å². The summed E-state index contributed by atoms with van der Waals surface area (Å²) in [6.07, 6.45) is 1.41. The van der Waals surface area contributed by atoms with E-state index in [4.69, 9.17) is 14.7 Å². The highest BCUT2D eigenvalue weighted by Crippen LogP contribution is 2.17. The molecule has 0 bridgehead atoms. The number of rotatable bonds is 5. The van der Waals surface area contributed by atoms with Crippen LogP contribution in [0.5, 0.6) is 5.75 Å². The van der Waals surface area contributed by atoms with Crippen LogP contribution in [-0.4, -0.2) is 18.5 Å². The maximum Gasteiger partial charge on any atom is 0.348 e. The molecule has 2 rings (SSSR count). The molecule has 0 N–H and O–H groups in total. The van der Waals surface area contributed by atoms with Crippen LogP contribution >= 0.6 is 15.9 Å². The highest BCUT2D eigenvalue weighted by molar-refractivity contribution is 9.10. The molecule has 0 saturated heterocycles. The number of nitrogens with zero attached hydrogens (tertiary/aromatic N) is 1. The van der Waals surface area contributed by atoms with Gasteiger partial charge in [0.2, 0.25) is 0 Å². The molecule has 0 saturated carbocycles. The summed E-state index contributed by atoms with van der Waals surface area (Å²) in [5, 5.41) is 9.01. The highest BCUT2D eigenvalue weighted by Gasteiger charge is 2.11. The Morgan fingerprint density at radius 3 is 2.32 bits per heavy atom. The fraction of sp³-hybridized carbons (Fsp3) is 0.105. The lowest BCUT2D eigenvalue weighted by Gasteiger charge is -2.05. The summed E-state index contributed by atoms with van der Waals surface area (Å²) in [7, 11) is 0. The molecule has 0 aliphatic carbocycles. The van der Waals surface area contributed by atoms with Crippen molar-refractivity contribution in [3.05, 3.63) is 69.7 Å². The minimum atomic E-state index is -0.671. The predicted molar refractivity (Wildman–Crippen MR) is 95.8 cm³/mol. The monoisotopic (exact) mass is 399 g/mol. The van der Waals surface area contributed by atoms with Gasteiger partial charge in [0.1, 0.15) is 17.4 Å². The Kier molecular flexibility index (Phi) is 6.49. The zero-order chi connectivity index (χ0) is 18.2. The summed E-state index contributed by atoms with van der Waals surface area (Å²) in [5.41, 5.74) is 0.954. The first-order valence-corrected chi connectivity index (χ1v) is 8.19. The van der Waals surface area contributed by atoms with Gasteiger partial charge in [0.05, 0.1) is 12.2 Å². The first kappa shape index (κ1) is 18.4. The van der Waals surface area contributed by atoms with E-state index < -0.39 is 11.9 Å². The number of benzene rings is 2. The predicted octanol–water partition coefficient (Wildman–Crippen LogP) is 4.14. The minimum absolute atomic E-state index is 0.0959. The molecule has 126 valence electrons. The van der Waals surface area contributed by atoms with Crippen LogP contribution in [0.25, 0.3) is 6.08 Å². The molecule has 0 atom stereocenters. The maximum atomic E-state index is 12.0. The lowest BCUT2D eigenvalue weighted by Crippen LogP contribution is -2.08. The molecule has 5 nitrogen and oxygen atoms in total. The van der Waals surface area contributed by atoms with Gasteiger partial charge in [-0.2, -0.15) is 5.26 Å². The number of esters is 2. The normalized spacial score (nSPS) is 10.7. The molecule has 0 radical (unpaired) electrons. The molecule has 0 amide bonds. The fourth-order valence-corrected chi connectivity index (χ4v) is 2.16. The van der Waals surface area contributed by atoms with Crippen LogP contribution in [0.3, 0.4) is 0 Å². The van der Waals surface area contributed by atoms with E-state index in [1.807, 2.05) is 0 Å². The second kappa shape index (κ2) is 8.81. The van der Waals surface area contributed by atoms with Gasteiger partial charge < -0.3 is 9.47 Å². The van der Waals surface area contributed by atoms with E-state index in [1.54, 1.807) is 61.5 Å². The number of ether oxygens (including phenoxy) is 2. The zero-order valence-electron chi connectivity index (χ0n) is 13.4. The number of carbonyl (C=O) groups excluding carboxylic acids is 2. The maximum absolute atomic E-state index is 12.0. The molecule has 2 aromatic rings. The number of halogens is 1. The van der Waals surface area contributed by atoms with Gasteiger partial charge in [-0.25, -0.2) is 9.59 Å². The molecule has 0 spiro atoms. The van der Waals surface area contributed by atoms with Crippen molar-refractivity contribution in [1.29, 1.82) is 5.26 Å². The summed E-state index contributed by atoms with van der Waals surface area (Å²) in [5.74, 6) is -0.782. The van der Waals surface area contributed by atoms with Crippen LogP contribution in [0, 0.1) is 11.3 Å². The van der Waals surface area contributed by atoms with Crippen LogP contribution in [0.2, 0.25) is 0 Å². The Morgan fingerprint density at radius 2 is 1.76 bits per heavy atom. The summed E-state index contributed by atoms with van der Waals surface area (Å²) in [6, 6.07) is 15.1. The molecular weight excluding hydrogens is 386 g/mol. The van der Waals surface area contributed by atoms with Crippen LogP contribution in [-0.2, 0) is 9.53 Å². The molecular formula is C19H14BrNO4. The summed E-state index contributed by atoms with van der Waals surface area (Å²) >= 11 is 3.30. The SMILES string of the molecule is CCOC(=O)/C(C#N)=C\c1ccc(OC(=O)c2ccc(Br)cc2)cc1. The zero-order valence-corrected chi connectivity index (χ0v) is 14.9. The Bertz CT molecular complexity index is 833. The summed E-state index contributed by atoms with van der Waals surface area (Å²) in [6.45, 7) is 1.87. The molecule has 2 aromatic carbocycles. The third-order valence-electron chi connectivity index (χ3n) is 3.10. The van der Waals surface area contributed by atoms with E-state index in [-0.39, 0.29) is 12.2 Å². The van der Waals surface area contributed by atoms with E-state index in [0.717, 1.165) is 4.47 Å². The van der Waals surface area contributed by atoms with Crippen molar-refractivity contribution in [3.8, 4) is 11.8 Å². The molecule has 0 unspecified atom stereocenters. The van der Waals surface area contributed by atoms with Crippen molar-refractivity contribution in [2.75, 3.05) is 6.61 Å². The van der Waals surface area contributed by atoms with Crippen LogP contribution in [0.15, 0.2) is 58.6 Å². The van der Waals surface area contributed by atoms with Crippen LogP contribution in [0.1, 0.15) is 22.8 Å². The number of hydrogen-bond donors (Lipinski definition) is 0. The Hall–Kier alpha value is -2.91. The number of nitriles is 1. The van der Waals surface area contributed by atoms with Gasteiger partial charge in [0.15, 0.2) is 0 Å². The molecule has 0 aromatic heterocycles. The standard InChI is InChI=1S/C19H14BrNO4/c1-2-24-18(22)15(12-21)11-13-3-9-17(10-4-13)25-19(23)14-5-7-16(20)8-6-14/h3-11H,2H2,1H3/b15-11-. The summed E-state index contributed by atoms with van der Waals surface area (Å²) < 4.78 is 10.9. The third-order valence-corrected chi connectivity index (χ3v) is 3.63. The molecule has 6 heteroatoms. The lowest BCUT2D eigenvalue weighted by molar-refractivity contribution is -0.137. The topological polar surface area (TPSA) is 76.4 Å². The number of carbonyl (C=O) groups is 2. The van der Waals surface area contributed by atoms with Crippen molar-refractivity contribution in [2.45, 2.75) is 6.92 Å².